The number of halogens is 2. The Balaban J connectivity index is 1.57. The first-order chi connectivity index (χ1) is 12.1. The Hall–Kier alpha value is -2.14. The largest absolute Gasteiger partial charge is 0.456 e. The molecule has 1 aromatic heterocycles. The van der Waals surface area contributed by atoms with Gasteiger partial charge in [0.05, 0.1) is 5.69 Å². The van der Waals surface area contributed by atoms with Crippen molar-refractivity contribution >= 4 is 46.6 Å². The summed E-state index contributed by atoms with van der Waals surface area (Å²) in [4.78, 5) is 16.3. The van der Waals surface area contributed by atoms with Gasteiger partial charge in [-0.1, -0.05) is 59.6 Å². The van der Waals surface area contributed by atoms with E-state index in [1.54, 1.807) is 24.3 Å². The summed E-state index contributed by atoms with van der Waals surface area (Å²) in [6.45, 7) is 0.126. The molecule has 0 N–H and O–H groups in total. The van der Waals surface area contributed by atoms with Gasteiger partial charge in [0.1, 0.15) is 11.6 Å². The smallest absolute Gasteiger partial charge is 0.331 e. The summed E-state index contributed by atoms with van der Waals surface area (Å²) in [6.07, 6.45) is 2.93. The van der Waals surface area contributed by atoms with Crippen molar-refractivity contribution in [1.82, 2.24) is 4.98 Å². The van der Waals surface area contributed by atoms with Crippen LogP contribution in [0.4, 0.5) is 0 Å². The van der Waals surface area contributed by atoms with Crippen LogP contribution in [-0.2, 0) is 16.1 Å². The first-order valence-corrected chi connectivity index (χ1v) is 9.05. The molecule has 0 bridgehead atoms. The van der Waals surface area contributed by atoms with Crippen LogP contribution in [0.15, 0.2) is 60.0 Å². The summed E-state index contributed by atoms with van der Waals surface area (Å²) >= 11 is 13.4. The van der Waals surface area contributed by atoms with Crippen molar-refractivity contribution in [1.29, 1.82) is 0 Å². The Morgan fingerprint density at radius 2 is 1.96 bits per heavy atom. The van der Waals surface area contributed by atoms with E-state index in [0.717, 1.165) is 16.3 Å². The fourth-order valence-electron chi connectivity index (χ4n) is 2.07. The Labute approximate surface area is 159 Å². The van der Waals surface area contributed by atoms with E-state index in [-0.39, 0.29) is 6.61 Å². The summed E-state index contributed by atoms with van der Waals surface area (Å²) in [7, 11) is 0. The van der Waals surface area contributed by atoms with Crippen LogP contribution >= 0.6 is 34.5 Å². The number of ether oxygens (including phenoxy) is 1. The van der Waals surface area contributed by atoms with Crippen LogP contribution in [0.1, 0.15) is 11.3 Å². The lowest BCUT2D eigenvalue weighted by atomic mass is 10.2. The molecule has 0 unspecified atom stereocenters. The predicted molar refractivity (Wildman–Crippen MR) is 103 cm³/mol. The van der Waals surface area contributed by atoms with Gasteiger partial charge in [-0.25, -0.2) is 9.78 Å². The highest BCUT2D eigenvalue weighted by Gasteiger charge is 2.06. The zero-order valence-corrected chi connectivity index (χ0v) is 15.3. The Kier molecular flexibility index (Phi) is 5.87. The molecule has 1 heterocycles. The number of hydrogen-bond donors (Lipinski definition) is 0. The van der Waals surface area contributed by atoms with Gasteiger partial charge in [-0.15, -0.1) is 11.3 Å². The van der Waals surface area contributed by atoms with Crippen molar-refractivity contribution in [3.63, 3.8) is 0 Å². The number of thiazole rings is 1. The standard InChI is InChI=1S/C19H13Cl2NO2S/c20-15-8-6-13(17(21)10-15)7-9-18(23)24-11-16-12-25-19(22-16)14-4-2-1-3-5-14/h1-10,12H,11H2/b9-7+. The van der Waals surface area contributed by atoms with Crippen LogP contribution in [-0.4, -0.2) is 11.0 Å². The van der Waals surface area contributed by atoms with Gasteiger partial charge in [0.2, 0.25) is 0 Å². The zero-order valence-electron chi connectivity index (χ0n) is 13.0. The number of esters is 1. The number of hydrogen-bond acceptors (Lipinski definition) is 4. The zero-order chi connectivity index (χ0) is 17.6. The van der Waals surface area contributed by atoms with Gasteiger partial charge in [-0.3, -0.25) is 0 Å². The number of carbonyl (C=O) groups excluding carboxylic acids is 1. The summed E-state index contributed by atoms with van der Waals surface area (Å²) in [6, 6.07) is 14.9. The molecule has 0 aliphatic carbocycles. The molecule has 25 heavy (non-hydrogen) atoms. The van der Waals surface area contributed by atoms with Crippen molar-refractivity contribution in [3.8, 4) is 10.6 Å². The molecule has 0 saturated carbocycles. The second-order valence-corrected chi connectivity index (χ2v) is 6.82. The van der Waals surface area contributed by atoms with Crippen LogP contribution in [0, 0.1) is 0 Å². The molecule has 2 aromatic carbocycles. The van der Waals surface area contributed by atoms with Crippen LogP contribution in [0.25, 0.3) is 16.6 Å². The van der Waals surface area contributed by atoms with Crippen LogP contribution in [0.2, 0.25) is 10.0 Å². The molecular formula is C19H13Cl2NO2S. The first kappa shape index (κ1) is 17.7. The number of rotatable bonds is 5. The van der Waals surface area contributed by atoms with Gasteiger partial charge in [0.15, 0.2) is 0 Å². The molecule has 0 amide bonds. The highest BCUT2D eigenvalue weighted by molar-refractivity contribution is 7.13. The second kappa shape index (κ2) is 8.30. The number of aromatic nitrogens is 1. The lowest BCUT2D eigenvalue weighted by Crippen LogP contribution is -2.01. The summed E-state index contributed by atoms with van der Waals surface area (Å²) in [5, 5.41) is 3.80. The summed E-state index contributed by atoms with van der Waals surface area (Å²) in [5.74, 6) is -0.458. The summed E-state index contributed by atoms with van der Waals surface area (Å²) in [5.41, 5.74) is 2.46. The van der Waals surface area contributed by atoms with Crippen molar-refractivity contribution in [3.05, 3.63) is 81.3 Å². The topological polar surface area (TPSA) is 39.2 Å². The molecule has 126 valence electrons. The van der Waals surface area contributed by atoms with Gasteiger partial charge in [0, 0.05) is 27.1 Å². The van der Waals surface area contributed by atoms with E-state index in [0.29, 0.717) is 15.6 Å². The van der Waals surface area contributed by atoms with E-state index in [1.165, 1.54) is 17.4 Å². The van der Waals surface area contributed by atoms with Crippen molar-refractivity contribution in [2.45, 2.75) is 6.61 Å². The van der Waals surface area contributed by atoms with E-state index in [2.05, 4.69) is 4.98 Å². The van der Waals surface area contributed by atoms with E-state index in [9.17, 15) is 4.79 Å². The van der Waals surface area contributed by atoms with Gasteiger partial charge in [-0.2, -0.15) is 0 Å². The number of benzene rings is 2. The molecule has 0 aliphatic heterocycles. The van der Waals surface area contributed by atoms with Gasteiger partial charge in [-0.05, 0) is 23.8 Å². The average molecular weight is 390 g/mol. The maximum absolute atomic E-state index is 11.8. The molecule has 3 rings (SSSR count). The third-order valence-corrected chi connectivity index (χ3v) is 4.80. The molecule has 6 heteroatoms. The lowest BCUT2D eigenvalue weighted by Gasteiger charge is -2.00. The average Bonchev–Trinajstić information content (AvgIpc) is 3.09. The third kappa shape index (κ3) is 4.92. The van der Waals surface area contributed by atoms with Gasteiger partial charge >= 0.3 is 5.97 Å². The molecular weight excluding hydrogens is 377 g/mol. The SMILES string of the molecule is O=C(/C=C/c1ccc(Cl)cc1Cl)OCc1csc(-c2ccccc2)n1. The van der Waals surface area contributed by atoms with Gasteiger partial charge < -0.3 is 4.74 Å². The molecule has 3 nitrogen and oxygen atoms in total. The minimum atomic E-state index is -0.458. The maximum Gasteiger partial charge on any atom is 0.331 e. The number of nitrogens with zero attached hydrogens (tertiary/aromatic N) is 1. The molecule has 0 saturated heterocycles. The second-order valence-electron chi connectivity index (χ2n) is 5.12. The fraction of sp³-hybridized carbons (Fsp3) is 0.0526. The fourth-order valence-corrected chi connectivity index (χ4v) is 3.36. The van der Waals surface area contributed by atoms with Crippen molar-refractivity contribution < 1.29 is 9.53 Å². The molecule has 0 atom stereocenters. The van der Waals surface area contributed by atoms with Crippen LogP contribution < -0.4 is 0 Å². The molecule has 0 radical (unpaired) electrons. The third-order valence-electron chi connectivity index (χ3n) is 3.30. The normalized spacial score (nSPS) is 11.0. The van der Waals surface area contributed by atoms with E-state index >= 15 is 0 Å². The molecule has 0 fully saturated rings. The molecule has 0 aliphatic rings. The number of carbonyl (C=O) groups is 1. The minimum absolute atomic E-state index is 0.126. The Morgan fingerprint density at radius 1 is 1.16 bits per heavy atom. The minimum Gasteiger partial charge on any atom is -0.456 e. The maximum atomic E-state index is 11.8. The van der Waals surface area contributed by atoms with Crippen LogP contribution in [0.3, 0.4) is 0 Å². The monoisotopic (exact) mass is 389 g/mol. The Bertz CT molecular complexity index is 907. The van der Waals surface area contributed by atoms with E-state index in [1.807, 2.05) is 35.7 Å². The highest BCUT2D eigenvalue weighted by atomic mass is 35.5. The lowest BCUT2D eigenvalue weighted by molar-refractivity contribution is -0.139. The summed E-state index contributed by atoms with van der Waals surface area (Å²) < 4.78 is 5.21. The quantitative estimate of drug-likeness (QED) is 0.404. The molecule has 0 spiro atoms. The van der Waals surface area contributed by atoms with Crippen molar-refractivity contribution in [2.75, 3.05) is 0 Å². The van der Waals surface area contributed by atoms with E-state index < -0.39 is 5.97 Å². The van der Waals surface area contributed by atoms with Crippen LogP contribution in [0.5, 0.6) is 0 Å². The van der Waals surface area contributed by atoms with Gasteiger partial charge in [0.25, 0.3) is 0 Å². The molecule has 3 aromatic rings. The highest BCUT2D eigenvalue weighted by Crippen LogP contribution is 2.24. The van der Waals surface area contributed by atoms with Crippen molar-refractivity contribution in [2.24, 2.45) is 0 Å². The Morgan fingerprint density at radius 3 is 2.72 bits per heavy atom. The first-order valence-electron chi connectivity index (χ1n) is 7.41. The van der Waals surface area contributed by atoms with E-state index in [4.69, 9.17) is 27.9 Å². The predicted octanol–water partition coefficient (Wildman–Crippen LogP) is 5.87.